The van der Waals surface area contributed by atoms with Crippen molar-refractivity contribution in [3.8, 4) is 5.75 Å². The number of hydrogen-bond donors (Lipinski definition) is 2. The maximum Gasteiger partial charge on any atom is 0.193 e. The van der Waals surface area contributed by atoms with Crippen molar-refractivity contribution in [1.29, 1.82) is 0 Å². The molecule has 2 rings (SSSR count). The predicted molar refractivity (Wildman–Crippen MR) is 93.9 cm³/mol. The van der Waals surface area contributed by atoms with Crippen molar-refractivity contribution in [3.63, 3.8) is 0 Å². The molecule has 20 heavy (non-hydrogen) atoms. The van der Waals surface area contributed by atoms with Crippen LogP contribution in [0.2, 0.25) is 0 Å². The largest absolute Gasteiger partial charge is 0.492 e. The molecule has 2 aromatic carbocycles. The van der Waals surface area contributed by atoms with Crippen LogP contribution < -0.4 is 15.8 Å². The molecule has 2 aromatic rings. The van der Waals surface area contributed by atoms with Crippen LogP contribution in [-0.2, 0) is 0 Å². The Morgan fingerprint density at radius 2 is 1.60 bits per heavy atom. The Bertz CT molecular complexity index is 517. The molecule has 0 fully saturated rings. The number of rotatable bonds is 5. The molecule has 5 heteroatoms. The number of hydrogen-bond acceptors (Lipinski definition) is 2. The Hall–Kier alpha value is -1.76. The highest BCUT2D eigenvalue weighted by atomic mass is 127. The van der Waals surface area contributed by atoms with Gasteiger partial charge in [0, 0.05) is 5.69 Å². The minimum Gasteiger partial charge on any atom is -0.492 e. The van der Waals surface area contributed by atoms with E-state index in [4.69, 9.17) is 10.5 Å². The molecule has 3 N–H and O–H groups in total. The summed E-state index contributed by atoms with van der Waals surface area (Å²) in [6.07, 6.45) is 0. The topological polar surface area (TPSA) is 59.6 Å². The molecule has 0 atom stereocenters. The SMILES string of the molecule is I.NC(=NCCOc1ccccc1)Nc1ccccc1. The average Bonchev–Trinajstić information content (AvgIpc) is 2.46. The molecule has 0 aliphatic heterocycles. The second-order valence-corrected chi connectivity index (χ2v) is 3.92. The molecular formula is C15H18IN3O. The first-order chi connectivity index (χ1) is 9.34. The number of nitrogens with two attached hydrogens (primary N) is 1. The number of aliphatic imine (C=N–C) groups is 1. The number of guanidine groups is 1. The third-order valence-corrected chi connectivity index (χ3v) is 2.43. The van der Waals surface area contributed by atoms with Gasteiger partial charge in [-0.05, 0) is 24.3 Å². The molecular weight excluding hydrogens is 365 g/mol. The van der Waals surface area contributed by atoms with Gasteiger partial charge in [0.2, 0.25) is 0 Å². The summed E-state index contributed by atoms with van der Waals surface area (Å²) in [5.41, 5.74) is 6.69. The van der Waals surface area contributed by atoms with Gasteiger partial charge >= 0.3 is 0 Å². The fourth-order valence-corrected chi connectivity index (χ4v) is 1.56. The fraction of sp³-hybridized carbons (Fsp3) is 0.133. The number of halogens is 1. The lowest BCUT2D eigenvalue weighted by molar-refractivity contribution is 0.329. The summed E-state index contributed by atoms with van der Waals surface area (Å²) in [5, 5.41) is 3.01. The van der Waals surface area contributed by atoms with Crippen molar-refractivity contribution >= 4 is 35.6 Å². The summed E-state index contributed by atoms with van der Waals surface area (Å²) in [6.45, 7) is 1.02. The van der Waals surface area contributed by atoms with E-state index in [1.54, 1.807) is 0 Å². The van der Waals surface area contributed by atoms with Gasteiger partial charge in [0.15, 0.2) is 5.96 Å². The lowest BCUT2D eigenvalue weighted by Gasteiger charge is -2.06. The maximum atomic E-state index is 5.77. The molecule has 106 valence electrons. The molecule has 0 saturated carbocycles. The van der Waals surface area contributed by atoms with E-state index in [-0.39, 0.29) is 24.0 Å². The van der Waals surface area contributed by atoms with E-state index in [0.717, 1.165) is 11.4 Å². The summed E-state index contributed by atoms with van der Waals surface area (Å²) in [7, 11) is 0. The second-order valence-electron chi connectivity index (χ2n) is 3.92. The Kier molecular flexibility index (Phi) is 7.49. The molecule has 0 aliphatic rings. The van der Waals surface area contributed by atoms with Gasteiger partial charge in [-0.3, -0.25) is 0 Å². The standard InChI is InChI=1S/C15H17N3O.HI/c16-15(18-13-7-3-1-4-8-13)17-11-12-19-14-9-5-2-6-10-14;/h1-10H,11-12H2,(H3,16,17,18);1H. The Labute approximate surface area is 136 Å². The van der Waals surface area contributed by atoms with E-state index in [1.165, 1.54) is 0 Å². The van der Waals surface area contributed by atoms with E-state index in [0.29, 0.717) is 19.1 Å². The van der Waals surface area contributed by atoms with Crippen molar-refractivity contribution in [1.82, 2.24) is 0 Å². The van der Waals surface area contributed by atoms with Crippen LogP contribution in [0.3, 0.4) is 0 Å². The summed E-state index contributed by atoms with van der Waals surface area (Å²) in [6, 6.07) is 19.3. The second kappa shape index (κ2) is 9.19. The summed E-state index contributed by atoms with van der Waals surface area (Å²) < 4.78 is 5.52. The van der Waals surface area contributed by atoms with Gasteiger partial charge in [-0.2, -0.15) is 0 Å². The number of nitrogens with one attached hydrogen (secondary N) is 1. The highest BCUT2D eigenvalue weighted by Gasteiger charge is 1.94. The molecule has 0 aliphatic carbocycles. The van der Waals surface area contributed by atoms with E-state index in [1.807, 2.05) is 60.7 Å². The van der Waals surface area contributed by atoms with Gasteiger partial charge in [0.25, 0.3) is 0 Å². The Morgan fingerprint density at radius 3 is 2.25 bits per heavy atom. The molecule has 0 saturated heterocycles. The van der Waals surface area contributed by atoms with Gasteiger partial charge in [-0.15, -0.1) is 24.0 Å². The van der Waals surface area contributed by atoms with Crippen LogP contribution in [-0.4, -0.2) is 19.1 Å². The first kappa shape index (κ1) is 16.3. The van der Waals surface area contributed by atoms with Gasteiger partial charge in [-0.1, -0.05) is 36.4 Å². The minimum atomic E-state index is 0. The molecule has 0 spiro atoms. The minimum absolute atomic E-state index is 0. The maximum absolute atomic E-state index is 5.77. The molecule has 4 nitrogen and oxygen atoms in total. The van der Waals surface area contributed by atoms with Crippen molar-refractivity contribution in [2.75, 3.05) is 18.5 Å². The highest BCUT2D eigenvalue weighted by molar-refractivity contribution is 14.0. The predicted octanol–water partition coefficient (Wildman–Crippen LogP) is 3.11. The molecule has 0 unspecified atom stereocenters. The molecule has 0 amide bonds. The lowest BCUT2D eigenvalue weighted by atomic mass is 10.3. The van der Waals surface area contributed by atoms with Crippen molar-refractivity contribution < 1.29 is 4.74 Å². The van der Waals surface area contributed by atoms with Crippen molar-refractivity contribution in [2.45, 2.75) is 0 Å². The third kappa shape index (κ3) is 5.92. The normalized spacial score (nSPS) is 10.5. The molecule has 0 aromatic heterocycles. The number of para-hydroxylation sites is 2. The van der Waals surface area contributed by atoms with E-state index >= 15 is 0 Å². The van der Waals surface area contributed by atoms with Crippen LogP contribution in [0.15, 0.2) is 65.7 Å². The number of anilines is 1. The number of nitrogens with zero attached hydrogens (tertiary/aromatic N) is 1. The zero-order valence-electron chi connectivity index (χ0n) is 11.0. The van der Waals surface area contributed by atoms with Crippen LogP contribution in [0.25, 0.3) is 0 Å². The van der Waals surface area contributed by atoms with Crippen LogP contribution in [0.4, 0.5) is 5.69 Å². The van der Waals surface area contributed by atoms with Gasteiger partial charge in [0.05, 0.1) is 6.54 Å². The van der Waals surface area contributed by atoms with Crippen LogP contribution in [0.5, 0.6) is 5.75 Å². The van der Waals surface area contributed by atoms with Crippen LogP contribution >= 0.6 is 24.0 Å². The zero-order chi connectivity index (χ0) is 13.3. The molecule has 0 radical (unpaired) electrons. The first-order valence-corrected chi connectivity index (χ1v) is 6.14. The third-order valence-electron chi connectivity index (χ3n) is 2.43. The molecule has 0 bridgehead atoms. The van der Waals surface area contributed by atoms with Crippen LogP contribution in [0, 0.1) is 0 Å². The Balaban J connectivity index is 0.00000200. The fourth-order valence-electron chi connectivity index (χ4n) is 1.56. The van der Waals surface area contributed by atoms with E-state index < -0.39 is 0 Å². The first-order valence-electron chi connectivity index (χ1n) is 6.14. The zero-order valence-corrected chi connectivity index (χ0v) is 13.4. The van der Waals surface area contributed by atoms with E-state index in [9.17, 15) is 0 Å². The number of ether oxygens (including phenoxy) is 1. The average molecular weight is 383 g/mol. The summed E-state index contributed by atoms with van der Waals surface area (Å²) in [4.78, 5) is 4.19. The van der Waals surface area contributed by atoms with Gasteiger partial charge < -0.3 is 15.8 Å². The quantitative estimate of drug-likeness (QED) is 0.361. The van der Waals surface area contributed by atoms with Crippen molar-refractivity contribution in [3.05, 3.63) is 60.7 Å². The summed E-state index contributed by atoms with van der Waals surface area (Å²) >= 11 is 0. The monoisotopic (exact) mass is 383 g/mol. The highest BCUT2D eigenvalue weighted by Crippen LogP contribution is 2.07. The Morgan fingerprint density at radius 1 is 1.00 bits per heavy atom. The summed E-state index contributed by atoms with van der Waals surface area (Å²) in [5.74, 6) is 1.23. The van der Waals surface area contributed by atoms with Crippen molar-refractivity contribution in [2.24, 2.45) is 10.7 Å². The smallest absolute Gasteiger partial charge is 0.193 e. The lowest BCUT2D eigenvalue weighted by Crippen LogP contribution is -2.23. The van der Waals surface area contributed by atoms with Crippen LogP contribution in [0.1, 0.15) is 0 Å². The number of benzene rings is 2. The molecule has 0 heterocycles. The van der Waals surface area contributed by atoms with Gasteiger partial charge in [0.1, 0.15) is 12.4 Å². The van der Waals surface area contributed by atoms with Gasteiger partial charge in [-0.25, -0.2) is 4.99 Å². The van der Waals surface area contributed by atoms with E-state index in [2.05, 4.69) is 10.3 Å².